The Kier molecular flexibility index (Phi) is 49.9. The molecule has 0 saturated carbocycles. The number of carboxylic acids is 1. The van der Waals surface area contributed by atoms with Gasteiger partial charge in [-0.3, -0.25) is 14.4 Å². The summed E-state index contributed by atoms with van der Waals surface area (Å²) < 4.78 is 28.4. The molecule has 1 heterocycles. The predicted molar refractivity (Wildman–Crippen MR) is 321 cm³/mol. The SMILES string of the molecule is CC/C=C\C/C=C\C/C=C\C/C=C\C/C=C\CCCCCC(=O)OC1C(OCC(COC(=O)CCCCCCCCC/C=C\C/C=C\CCCCC)OC(=O)CCCCCCC/C=C\CCCCCC)OC(C(=O)O)C(O)C1O. The number of aliphatic hydroxyl groups is 2. The number of carbonyl (C=O) groups excluding carboxylic acids is 3. The maximum absolute atomic E-state index is 13.2. The molecule has 450 valence electrons. The molecule has 0 aliphatic carbocycles. The molecule has 12 nitrogen and oxygen atoms in total. The summed E-state index contributed by atoms with van der Waals surface area (Å²) in [5.74, 6) is -3.19. The van der Waals surface area contributed by atoms with Crippen LogP contribution in [-0.4, -0.2) is 89.2 Å². The van der Waals surface area contributed by atoms with Crippen molar-refractivity contribution in [1.29, 1.82) is 0 Å². The van der Waals surface area contributed by atoms with Crippen LogP contribution in [0.25, 0.3) is 0 Å². The Morgan fingerprint density at radius 1 is 0.430 bits per heavy atom. The first kappa shape index (κ1) is 72.7. The number of aliphatic hydroxyl groups excluding tert-OH is 2. The van der Waals surface area contributed by atoms with Crippen LogP contribution in [0.1, 0.15) is 252 Å². The van der Waals surface area contributed by atoms with Gasteiger partial charge in [0.25, 0.3) is 0 Å². The van der Waals surface area contributed by atoms with Gasteiger partial charge in [0, 0.05) is 19.3 Å². The lowest BCUT2D eigenvalue weighted by atomic mass is 9.98. The molecular weight excluding hydrogens is 997 g/mol. The molecule has 0 bridgehead atoms. The molecule has 0 aromatic rings. The Hall–Kier alpha value is -4.36. The zero-order valence-electron chi connectivity index (χ0n) is 49.6. The maximum Gasteiger partial charge on any atom is 0.335 e. The lowest BCUT2D eigenvalue weighted by Crippen LogP contribution is -2.61. The summed E-state index contributed by atoms with van der Waals surface area (Å²) in [4.78, 5) is 51.2. The molecular formula is C67H110O12. The third-order valence-corrected chi connectivity index (χ3v) is 13.6. The maximum atomic E-state index is 13.2. The van der Waals surface area contributed by atoms with Crippen LogP contribution in [0.15, 0.2) is 97.2 Å². The van der Waals surface area contributed by atoms with Crippen LogP contribution in [0.4, 0.5) is 0 Å². The molecule has 0 spiro atoms. The number of esters is 3. The Bertz CT molecular complexity index is 1740. The van der Waals surface area contributed by atoms with Crippen molar-refractivity contribution in [2.75, 3.05) is 13.2 Å². The number of hydrogen-bond acceptors (Lipinski definition) is 11. The molecule has 6 atom stereocenters. The number of ether oxygens (including phenoxy) is 5. The van der Waals surface area contributed by atoms with Crippen molar-refractivity contribution in [1.82, 2.24) is 0 Å². The lowest BCUT2D eigenvalue weighted by molar-refractivity contribution is -0.301. The van der Waals surface area contributed by atoms with E-state index in [1.165, 1.54) is 64.2 Å². The van der Waals surface area contributed by atoms with Gasteiger partial charge in [-0.05, 0) is 122 Å². The van der Waals surface area contributed by atoms with E-state index in [1.54, 1.807) is 0 Å². The highest BCUT2D eigenvalue weighted by Gasteiger charge is 2.50. The average Bonchev–Trinajstić information content (AvgIpc) is 3.46. The van der Waals surface area contributed by atoms with E-state index in [2.05, 4.69) is 118 Å². The van der Waals surface area contributed by atoms with Gasteiger partial charge in [-0.1, -0.05) is 208 Å². The highest BCUT2D eigenvalue weighted by Crippen LogP contribution is 2.26. The van der Waals surface area contributed by atoms with Crippen LogP contribution in [-0.2, 0) is 42.9 Å². The van der Waals surface area contributed by atoms with Gasteiger partial charge in [0.2, 0.25) is 0 Å². The van der Waals surface area contributed by atoms with Gasteiger partial charge in [0.05, 0.1) is 6.61 Å². The molecule has 1 rings (SSSR count). The Balaban J connectivity index is 2.70. The fraction of sp³-hybridized carbons (Fsp3) is 0.701. The number of hydrogen-bond donors (Lipinski definition) is 3. The van der Waals surface area contributed by atoms with Crippen molar-refractivity contribution >= 4 is 23.9 Å². The number of allylic oxidation sites excluding steroid dienone is 16. The molecule has 0 radical (unpaired) electrons. The Labute approximate surface area is 479 Å². The molecule has 1 saturated heterocycles. The molecule has 0 amide bonds. The van der Waals surface area contributed by atoms with Gasteiger partial charge in [-0.2, -0.15) is 0 Å². The van der Waals surface area contributed by atoms with Gasteiger partial charge >= 0.3 is 23.9 Å². The zero-order valence-corrected chi connectivity index (χ0v) is 49.6. The van der Waals surface area contributed by atoms with E-state index in [0.29, 0.717) is 19.3 Å². The topological polar surface area (TPSA) is 175 Å². The molecule has 6 unspecified atom stereocenters. The van der Waals surface area contributed by atoms with E-state index in [1.807, 2.05) is 0 Å². The standard InChI is InChI=1S/C67H110O12/c1-4-7-10-13-16-19-22-25-27-29-30-32-34-37-40-43-46-49-52-55-61(70)78-65-63(72)62(71)64(66(73)74)79-67(65)76-57-58(77-60(69)54-51-48-45-42-39-35-24-21-18-15-12-9-6-3)56-75-59(68)53-50-47-44-41-38-36-33-31-28-26-23-20-17-14-11-8-5-2/h7,10,16-17,19-21,24-28,30,32,37,40,58,62-65,67,71-72H,4-6,8-9,11-15,18,22-23,29,31,33-36,38-39,41-57H2,1-3H3,(H,73,74)/b10-7-,19-16-,20-17-,24-21-,27-25-,28-26-,32-30-,40-37-. The lowest BCUT2D eigenvalue weighted by Gasteiger charge is -2.40. The van der Waals surface area contributed by atoms with Crippen molar-refractivity contribution in [3.8, 4) is 0 Å². The summed E-state index contributed by atoms with van der Waals surface area (Å²) in [6, 6.07) is 0. The van der Waals surface area contributed by atoms with Gasteiger partial charge in [-0.25, -0.2) is 4.79 Å². The van der Waals surface area contributed by atoms with Gasteiger partial charge in [-0.15, -0.1) is 0 Å². The third kappa shape index (κ3) is 44.0. The Morgan fingerprint density at radius 2 is 0.797 bits per heavy atom. The normalized spacial score (nSPS) is 18.5. The van der Waals surface area contributed by atoms with Gasteiger partial charge < -0.3 is 39.0 Å². The van der Waals surface area contributed by atoms with E-state index >= 15 is 0 Å². The smallest absolute Gasteiger partial charge is 0.335 e. The summed E-state index contributed by atoms with van der Waals surface area (Å²) >= 11 is 0. The van der Waals surface area contributed by atoms with Crippen molar-refractivity contribution in [2.45, 2.75) is 289 Å². The summed E-state index contributed by atoms with van der Waals surface area (Å²) in [7, 11) is 0. The molecule has 0 aromatic heterocycles. The van der Waals surface area contributed by atoms with E-state index in [4.69, 9.17) is 23.7 Å². The van der Waals surface area contributed by atoms with Crippen LogP contribution < -0.4 is 0 Å². The van der Waals surface area contributed by atoms with E-state index in [-0.39, 0.29) is 25.9 Å². The molecule has 12 heteroatoms. The number of carboxylic acid groups (broad SMARTS) is 1. The second-order valence-corrected chi connectivity index (χ2v) is 20.9. The number of unbranched alkanes of at least 4 members (excludes halogenated alkanes) is 22. The summed E-state index contributed by atoms with van der Waals surface area (Å²) in [5, 5.41) is 31.5. The molecule has 3 N–H and O–H groups in total. The van der Waals surface area contributed by atoms with Crippen LogP contribution in [0.5, 0.6) is 0 Å². The van der Waals surface area contributed by atoms with Crippen LogP contribution in [0.3, 0.4) is 0 Å². The fourth-order valence-corrected chi connectivity index (χ4v) is 8.83. The first-order chi connectivity index (χ1) is 38.6. The molecule has 1 aliphatic rings. The average molecular weight is 1110 g/mol. The van der Waals surface area contributed by atoms with Crippen molar-refractivity contribution in [2.24, 2.45) is 0 Å². The van der Waals surface area contributed by atoms with Crippen LogP contribution in [0.2, 0.25) is 0 Å². The molecule has 79 heavy (non-hydrogen) atoms. The minimum atomic E-state index is -1.92. The monoisotopic (exact) mass is 1110 g/mol. The predicted octanol–water partition coefficient (Wildman–Crippen LogP) is 16.5. The molecule has 1 aliphatic heterocycles. The number of rotatable bonds is 52. The van der Waals surface area contributed by atoms with Gasteiger partial charge in [0.15, 0.2) is 24.6 Å². The summed E-state index contributed by atoms with van der Waals surface area (Å²) in [5.41, 5.74) is 0. The molecule has 0 aromatic carbocycles. The Morgan fingerprint density at radius 3 is 1.27 bits per heavy atom. The van der Waals surface area contributed by atoms with E-state index < -0.39 is 67.3 Å². The first-order valence-electron chi connectivity index (χ1n) is 31.2. The summed E-state index contributed by atoms with van der Waals surface area (Å²) in [6.45, 7) is 5.82. The largest absolute Gasteiger partial charge is 0.479 e. The van der Waals surface area contributed by atoms with Crippen LogP contribution >= 0.6 is 0 Å². The fourth-order valence-electron chi connectivity index (χ4n) is 8.83. The van der Waals surface area contributed by atoms with Crippen molar-refractivity contribution < 1.29 is 58.2 Å². The van der Waals surface area contributed by atoms with E-state index in [9.17, 15) is 34.5 Å². The van der Waals surface area contributed by atoms with Crippen LogP contribution in [0, 0.1) is 0 Å². The van der Waals surface area contributed by atoms with E-state index in [0.717, 1.165) is 128 Å². The quantitative estimate of drug-likeness (QED) is 0.0228. The number of carbonyl (C=O) groups is 4. The minimum Gasteiger partial charge on any atom is -0.479 e. The third-order valence-electron chi connectivity index (χ3n) is 13.6. The first-order valence-corrected chi connectivity index (χ1v) is 31.2. The number of aliphatic carboxylic acids is 1. The highest BCUT2D eigenvalue weighted by atomic mass is 16.7. The zero-order chi connectivity index (χ0) is 57.5. The van der Waals surface area contributed by atoms with Gasteiger partial charge in [0.1, 0.15) is 18.8 Å². The second kappa shape index (κ2) is 54.2. The second-order valence-electron chi connectivity index (χ2n) is 20.9. The highest BCUT2D eigenvalue weighted by molar-refractivity contribution is 5.74. The molecule has 1 fully saturated rings. The van der Waals surface area contributed by atoms with Crippen molar-refractivity contribution in [3.63, 3.8) is 0 Å². The minimum absolute atomic E-state index is 0.0159. The van der Waals surface area contributed by atoms with Crippen molar-refractivity contribution in [3.05, 3.63) is 97.2 Å². The summed E-state index contributed by atoms with van der Waals surface area (Å²) in [6.07, 6.45) is 59.3.